The van der Waals surface area contributed by atoms with E-state index in [2.05, 4.69) is 18.2 Å². The van der Waals surface area contributed by atoms with Crippen LogP contribution in [0.25, 0.3) is 0 Å². The molecular weight excluding hydrogens is 234 g/mol. The molecule has 0 spiro atoms. The fourth-order valence-electron chi connectivity index (χ4n) is 3.02. The number of hydrogen-bond acceptors (Lipinski definition) is 1. The largest absolute Gasteiger partial charge is 0.315 e. The molecule has 3 rings (SSSR count). The Morgan fingerprint density at radius 1 is 0.947 bits per heavy atom. The molecule has 1 heterocycles. The fourth-order valence-corrected chi connectivity index (χ4v) is 3.02. The summed E-state index contributed by atoms with van der Waals surface area (Å²) in [5, 5.41) is 0. The third kappa shape index (κ3) is 1.84. The molecule has 1 amide bonds. The van der Waals surface area contributed by atoms with E-state index < -0.39 is 0 Å². The summed E-state index contributed by atoms with van der Waals surface area (Å²) in [6, 6.07) is 18.5. The SMILES string of the molecule is C[C@H]1C(=O)N(C)c2ccccc2[C@@H]1c1ccccc1. The number of carbonyl (C=O) groups excluding carboxylic acids is 1. The highest BCUT2D eigenvalue weighted by Gasteiger charge is 2.36. The van der Waals surface area contributed by atoms with Gasteiger partial charge in [-0.1, -0.05) is 55.5 Å². The zero-order valence-corrected chi connectivity index (χ0v) is 11.2. The van der Waals surface area contributed by atoms with Gasteiger partial charge in [0.05, 0.1) is 0 Å². The first-order valence-corrected chi connectivity index (χ1v) is 6.61. The van der Waals surface area contributed by atoms with Gasteiger partial charge in [0.2, 0.25) is 5.91 Å². The van der Waals surface area contributed by atoms with Gasteiger partial charge >= 0.3 is 0 Å². The summed E-state index contributed by atoms with van der Waals surface area (Å²) in [7, 11) is 1.86. The Labute approximate surface area is 113 Å². The Morgan fingerprint density at radius 3 is 2.32 bits per heavy atom. The average molecular weight is 251 g/mol. The molecule has 0 fully saturated rings. The Kier molecular flexibility index (Phi) is 2.86. The topological polar surface area (TPSA) is 20.3 Å². The van der Waals surface area contributed by atoms with E-state index in [0.717, 1.165) is 5.69 Å². The summed E-state index contributed by atoms with van der Waals surface area (Å²) in [6.07, 6.45) is 0. The molecule has 0 unspecified atom stereocenters. The van der Waals surface area contributed by atoms with E-state index in [1.807, 2.05) is 50.4 Å². The van der Waals surface area contributed by atoms with Crippen molar-refractivity contribution < 1.29 is 4.79 Å². The first-order valence-electron chi connectivity index (χ1n) is 6.61. The summed E-state index contributed by atoms with van der Waals surface area (Å²) >= 11 is 0. The minimum atomic E-state index is -0.0256. The van der Waals surface area contributed by atoms with Crippen molar-refractivity contribution in [2.24, 2.45) is 5.92 Å². The molecule has 19 heavy (non-hydrogen) atoms. The van der Waals surface area contributed by atoms with E-state index in [4.69, 9.17) is 0 Å². The molecular formula is C17H17NO. The second-order valence-corrected chi connectivity index (χ2v) is 5.13. The van der Waals surface area contributed by atoms with Gasteiger partial charge in [0, 0.05) is 24.6 Å². The Hall–Kier alpha value is -2.09. The number of benzene rings is 2. The van der Waals surface area contributed by atoms with E-state index in [9.17, 15) is 4.79 Å². The number of para-hydroxylation sites is 1. The molecule has 2 aromatic rings. The number of fused-ring (bicyclic) bond motifs is 1. The summed E-state index contributed by atoms with van der Waals surface area (Å²) in [5.41, 5.74) is 3.48. The van der Waals surface area contributed by atoms with Crippen molar-refractivity contribution in [1.82, 2.24) is 0 Å². The lowest BCUT2D eigenvalue weighted by Gasteiger charge is -2.36. The number of rotatable bonds is 1. The molecule has 2 aromatic carbocycles. The van der Waals surface area contributed by atoms with Gasteiger partial charge < -0.3 is 4.90 Å². The second kappa shape index (κ2) is 4.54. The van der Waals surface area contributed by atoms with Crippen LogP contribution >= 0.6 is 0 Å². The van der Waals surface area contributed by atoms with E-state index in [-0.39, 0.29) is 17.7 Å². The van der Waals surface area contributed by atoms with Crippen molar-refractivity contribution in [2.75, 3.05) is 11.9 Å². The molecule has 0 N–H and O–H groups in total. The molecule has 2 nitrogen and oxygen atoms in total. The standard InChI is InChI=1S/C17H17NO/c1-12-16(13-8-4-3-5-9-13)14-10-6-7-11-15(14)18(2)17(12)19/h3-12,16H,1-2H3/t12-,16+/m1/s1. The summed E-state index contributed by atoms with van der Waals surface area (Å²) in [5.74, 6) is 0.316. The molecule has 0 saturated carbocycles. The maximum absolute atomic E-state index is 12.4. The van der Waals surface area contributed by atoms with Crippen LogP contribution < -0.4 is 4.90 Å². The van der Waals surface area contributed by atoms with Gasteiger partial charge in [0.25, 0.3) is 0 Å². The van der Waals surface area contributed by atoms with Gasteiger partial charge in [-0.15, -0.1) is 0 Å². The molecule has 96 valence electrons. The molecule has 0 aliphatic carbocycles. The van der Waals surface area contributed by atoms with Crippen molar-refractivity contribution in [1.29, 1.82) is 0 Å². The predicted molar refractivity (Wildman–Crippen MR) is 77.3 cm³/mol. The summed E-state index contributed by atoms with van der Waals surface area (Å²) in [6.45, 7) is 2.02. The van der Waals surface area contributed by atoms with Gasteiger partial charge in [-0.3, -0.25) is 4.79 Å². The highest BCUT2D eigenvalue weighted by atomic mass is 16.2. The number of anilines is 1. The Morgan fingerprint density at radius 2 is 1.58 bits per heavy atom. The molecule has 0 bridgehead atoms. The van der Waals surface area contributed by atoms with Crippen LogP contribution in [-0.2, 0) is 4.79 Å². The van der Waals surface area contributed by atoms with Crippen molar-refractivity contribution in [3.8, 4) is 0 Å². The predicted octanol–water partition coefficient (Wildman–Crippen LogP) is 3.43. The van der Waals surface area contributed by atoms with Crippen molar-refractivity contribution in [3.05, 3.63) is 65.7 Å². The quantitative estimate of drug-likeness (QED) is 0.760. The minimum absolute atomic E-state index is 0.0256. The average Bonchev–Trinajstić information content (AvgIpc) is 2.46. The molecule has 0 saturated heterocycles. The minimum Gasteiger partial charge on any atom is -0.315 e. The zero-order chi connectivity index (χ0) is 13.4. The number of carbonyl (C=O) groups is 1. The highest BCUT2D eigenvalue weighted by molar-refractivity contribution is 5.98. The maximum atomic E-state index is 12.4. The van der Waals surface area contributed by atoms with Crippen LogP contribution in [0.4, 0.5) is 5.69 Å². The monoisotopic (exact) mass is 251 g/mol. The first-order chi connectivity index (χ1) is 9.20. The van der Waals surface area contributed by atoms with Crippen molar-refractivity contribution in [3.63, 3.8) is 0 Å². The van der Waals surface area contributed by atoms with E-state index >= 15 is 0 Å². The summed E-state index contributed by atoms with van der Waals surface area (Å²) < 4.78 is 0. The molecule has 1 aliphatic rings. The van der Waals surface area contributed by atoms with E-state index in [1.165, 1.54) is 11.1 Å². The van der Waals surface area contributed by atoms with Crippen molar-refractivity contribution in [2.45, 2.75) is 12.8 Å². The third-order valence-electron chi connectivity index (χ3n) is 4.01. The van der Waals surface area contributed by atoms with Gasteiger partial charge in [0.15, 0.2) is 0 Å². The molecule has 1 aliphatic heterocycles. The molecule has 0 radical (unpaired) electrons. The number of hydrogen-bond donors (Lipinski definition) is 0. The molecule has 0 aromatic heterocycles. The summed E-state index contributed by atoms with van der Waals surface area (Å²) in [4.78, 5) is 14.2. The van der Waals surface area contributed by atoms with Gasteiger partial charge in [0.1, 0.15) is 0 Å². The third-order valence-corrected chi connectivity index (χ3v) is 4.01. The zero-order valence-electron chi connectivity index (χ0n) is 11.2. The molecule has 2 heteroatoms. The lowest BCUT2D eigenvalue weighted by Crippen LogP contribution is -2.39. The normalized spacial score (nSPS) is 22.2. The van der Waals surface area contributed by atoms with Crippen LogP contribution in [0, 0.1) is 5.92 Å². The van der Waals surface area contributed by atoms with E-state index in [1.54, 1.807) is 4.90 Å². The van der Waals surface area contributed by atoms with Crippen LogP contribution in [0.15, 0.2) is 54.6 Å². The van der Waals surface area contributed by atoms with Crippen LogP contribution in [0.1, 0.15) is 24.0 Å². The lowest BCUT2D eigenvalue weighted by molar-refractivity contribution is -0.122. The second-order valence-electron chi connectivity index (χ2n) is 5.13. The van der Waals surface area contributed by atoms with Gasteiger partial charge in [-0.05, 0) is 17.2 Å². The van der Waals surface area contributed by atoms with Gasteiger partial charge in [-0.2, -0.15) is 0 Å². The lowest BCUT2D eigenvalue weighted by atomic mass is 9.77. The number of nitrogens with zero attached hydrogens (tertiary/aromatic N) is 1. The highest BCUT2D eigenvalue weighted by Crippen LogP contribution is 2.42. The van der Waals surface area contributed by atoms with E-state index in [0.29, 0.717) is 0 Å². The van der Waals surface area contributed by atoms with Crippen LogP contribution in [0.5, 0.6) is 0 Å². The first kappa shape index (κ1) is 12.0. The number of amides is 1. The smallest absolute Gasteiger partial charge is 0.230 e. The van der Waals surface area contributed by atoms with Crippen LogP contribution in [0.2, 0.25) is 0 Å². The maximum Gasteiger partial charge on any atom is 0.230 e. The van der Waals surface area contributed by atoms with Crippen LogP contribution in [-0.4, -0.2) is 13.0 Å². The molecule has 2 atom stereocenters. The van der Waals surface area contributed by atoms with Crippen molar-refractivity contribution >= 4 is 11.6 Å². The van der Waals surface area contributed by atoms with Gasteiger partial charge in [-0.25, -0.2) is 0 Å². The Balaban J connectivity index is 2.19. The van der Waals surface area contributed by atoms with Crippen LogP contribution in [0.3, 0.4) is 0 Å². The Bertz CT molecular complexity index is 606. The fraction of sp³-hybridized carbons (Fsp3) is 0.235.